The molecule has 3 amide bonds. The van der Waals surface area contributed by atoms with Crippen LogP contribution in [0.1, 0.15) is 52.5 Å². The van der Waals surface area contributed by atoms with E-state index in [1.165, 1.54) is 0 Å². The lowest BCUT2D eigenvalue weighted by Gasteiger charge is -2.37. The number of thioether (sulfide) groups is 1. The quantitative estimate of drug-likeness (QED) is 0.368. The normalized spacial score (nSPS) is 29.0. The van der Waals surface area contributed by atoms with E-state index in [-0.39, 0.29) is 30.2 Å². The Labute approximate surface area is 246 Å². The third-order valence-corrected chi connectivity index (χ3v) is 10.8. The average molecular weight is 580 g/mol. The molecule has 0 aromatic heterocycles. The van der Waals surface area contributed by atoms with Gasteiger partial charge < -0.3 is 25.4 Å². The minimum atomic E-state index is -0.769. The number of hydrogen-bond donors (Lipinski definition) is 3. The van der Waals surface area contributed by atoms with Gasteiger partial charge in [-0.3, -0.25) is 14.4 Å². The number of benzene rings is 2. The van der Waals surface area contributed by atoms with Crippen LogP contribution in [0, 0.1) is 17.8 Å². The summed E-state index contributed by atoms with van der Waals surface area (Å²) in [5, 5.41) is 16.6. The van der Waals surface area contributed by atoms with Gasteiger partial charge in [0, 0.05) is 17.0 Å². The summed E-state index contributed by atoms with van der Waals surface area (Å²) in [6.07, 6.45) is 1.96. The fourth-order valence-electron chi connectivity index (χ4n) is 7.18. The Morgan fingerprint density at radius 3 is 2.44 bits per heavy atom. The largest absolute Gasteiger partial charge is 0.494 e. The molecule has 2 aromatic carbocycles. The number of carbonyl (C=O) groups excluding carboxylic acids is 3. The zero-order valence-electron chi connectivity index (χ0n) is 24.3. The highest BCUT2D eigenvalue weighted by molar-refractivity contribution is 8.02. The smallest absolute Gasteiger partial charge is 0.244 e. The van der Waals surface area contributed by atoms with Crippen LogP contribution in [-0.4, -0.2) is 62.5 Å². The molecule has 2 bridgehead atoms. The van der Waals surface area contributed by atoms with E-state index in [1.54, 1.807) is 28.8 Å². The topological polar surface area (TPSA) is 108 Å². The van der Waals surface area contributed by atoms with Gasteiger partial charge in [-0.15, -0.1) is 11.8 Å². The van der Waals surface area contributed by atoms with Crippen molar-refractivity contribution in [3.8, 4) is 5.75 Å². The molecule has 220 valence electrons. The van der Waals surface area contributed by atoms with Crippen molar-refractivity contribution in [2.75, 3.05) is 18.5 Å². The van der Waals surface area contributed by atoms with E-state index in [1.807, 2.05) is 63.2 Å². The van der Waals surface area contributed by atoms with Crippen LogP contribution in [0.3, 0.4) is 0 Å². The van der Waals surface area contributed by atoms with Crippen molar-refractivity contribution < 1.29 is 24.2 Å². The van der Waals surface area contributed by atoms with Crippen molar-refractivity contribution in [2.24, 2.45) is 17.8 Å². The molecule has 0 saturated carbocycles. The van der Waals surface area contributed by atoms with Crippen LogP contribution in [0.4, 0.5) is 5.69 Å². The molecule has 3 aliphatic rings. The molecule has 5 rings (SSSR count). The lowest BCUT2D eigenvalue weighted by Crippen LogP contribution is -2.56. The number of ether oxygens (including phenoxy) is 1. The summed E-state index contributed by atoms with van der Waals surface area (Å²) in [7, 11) is 0. The van der Waals surface area contributed by atoms with Crippen LogP contribution in [0.2, 0.25) is 0 Å². The lowest BCUT2D eigenvalue weighted by atomic mass is 9.66. The number of anilines is 1. The van der Waals surface area contributed by atoms with E-state index in [2.05, 4.69) is 17.6 Å². The first-order chi connectivity index (χ1) is 19.6. The molecule has 3 heterocycles. The zero-order chi connectivity index (χ0) is 29.4. The van der Waals surface area contributed by atoms with Gasteiger partial charge in [0.2, 0.25) is 17.7 Å². The molecule has 1 spiro atoms. The summed E-state index contributed by atoms with van der Waals surface area (Å²) in [6.45, 7) is 8.72. The summed E-state index contributed by atoms with van der Waals surface area (Å²) in [4.78, 5) is 44.0. The van der Waals surface area contributed by atoms with Crippen LogP contribution in [0.25, 0.3) is 0 Å². The van der Waals surface area contributed by atoms with Crippen LogP contribution in [-0.2, 0) is 20.9 Å². The summed E-state index contributed by atoms with van der Waals surface area (Å²) >= 11 is 1.63. The maximum Gasteiger partial charge on any atom is 0.244 e. The lowest BCUT2D eigenvalue weighted by molar-refractivity contribution is -0.142. The van der Waals surface area contributed by atoms with E-state index in [0.717, 1.165) is 17.7 Å². The molecule has 6 atom stereocenters. The Hall–Kier alpha value is -3.04. The van der Waals surface area contributed by atoms with Gasteiger partial charge in [-0.25, -0.2) is 0 Å². The van der Waals surface area contributed by atoms with Gasteiger partial charge in [-0.1, -0.05) is 44.2 Å². The molecule has 3 aliphatic heterocycles. The second-order valence-corrected chi connectivity index (χ2v) is 14.0. The Balaban J connectivity index is 1.47. The fourth-order valence-corrected chi connectivity index (χ4v) is 9.52. The molecule has 3 fully saturated rings. The maximum absolute atomic E-state index is 14.4. The Kier molecular flexibility index (Phi) is 8.39. The summed E-state index contributed by atoms with van der Waals surface area (Å²) < 4.78 is 4.30. The van der Waals surface area contributed by atoms with Gasteiger partial charge >= 0.3 is 0 Å². The number of aliphatic hydroxyl groups excluding tert-OH is 1. The summed E-state index contributed by atoms with van der Waals surface area (Å²) in [5.41, 5.74) is 1.60. The number of carbonyl (C=O) groups is 3. The number of nitrogens with zero attached hydrogens (tertiary/aromatic N) is 1. The molecule has 41 heavy (non-hydrogen) atoms. The van der Waals surface area contributed by atoms with Gasteiger partial charge in [0.05, 0.1) is 35.8 Å². The van der Waals surface area contributed by atoms with Crippen molar-refractivity contribution >= 4 is 35.2 Å². The molecular formula is C32H41N3O5S. The molecule has 0 aliphatic carbocycles. The van der Waals surface area contributed by atoms with Crippen LogP contribution < -0.4 is 15.4 Å². The number of nitrogens with one attached hydrogen (secondary N) is 2. The fraction of sp³-hybridized carbons (Fsp3) is 0.531. The first kappa shape index (κ1) is 29.5. The Bertz CT molecular complexity index is 1270. The number of rotatable bonds is 11. The van der Waals surface area contributed by atoms with Crippen LogP contribution >= 0.6 is 11.8 Å². The van der Waals surface area contributed by atoms with E-state index in [9.17, 15) is 19.5 Å². The van der Waals surface area contributed by atoms with E-state index >= 15 is 0 Å². The van der Waals surface area contributed by atoms with Gasteiger partial charge in [-0.2, -0.15) is 0 Å². The zero-order valence-corrected chi connectivity index (χ0v) is 25.1. The molecular weight excluding hydrogens is 538 g/mol. The molecule has 2 aromatic rings. The van der Waals surface area contributed by atoms with Gasteiger partial charge in [0.1, 0.15) is 11.8 Å². The molecule has 9 heteroatoms. The summed E-state index contributed by atoms with van der Waals surface area (Å²) in [6, 6.07) is 15.6. The maximum atomic E-state index is 14.4. The number of likely N-dealkylation sites (tertiary alicyclic amines) is 1. The highest BCUT2D eigenvalue weighted by Gasteiger charge is 2.77. The highest BCUT2D eigenvalue weighted by atomic mass is 32.2. The molecule has 0 radical (unpaired) electrons. The van der Waals surface area contributed by atoms with Gasteiger partial charge in [0.25, 0.3) is 0 Å². The van der Waals surface area contributed by atoms with Crippen molar-refractivity contribution in [1.29, 1.82) is 0 Å². The van der Waals surface area contributed by atoms with E-state index in [4.69, 9.17) is 4.74 Å². The first-order valence-corrected chi connectivity index (χ1v) is 15.4. The number of fused-ring (bicyclic) bond motifs is 1. The van der Waals surface area contributed by atoms with E-state index in [0.29, 0.717) is 31.7 Å². The van der Waals surface area contributed by atoms with Crippen molar-refractivity contribution in [3.05, 3.63) is 60.2 Å². The predicted octanol–water partition coefficient (Wildman–Crippen LogP) is 4.23. The second kappa shape index (κ2) is 11.7. The Morgan fingerprint density at radius 2 is 1.80 bits per heavy atom. The molecule has 3 N–H and O–H groups in total. The number of amides is 3. The summed E-state index contributed by atoms with van der Waals surface area (Å²) in [5.74, 6) is -0.956. The number of aliphatic hydroxyl groups is 1. The minimum absolute atomic E-state index is 0.202. The van der Waals surface area contributed by atoms with Crippen LogP contribution in [0.5, 0.6) is 5.75 Å². The monoisotopic (exact) mass is 579 g/mol. The SMILES string of the molecule is CCOc1ccc(NC(=O)[C@@H]2[C@H]3C(=O)N([C@@H](CO)CC(C)C)C(C(=O)NCc4ccccc4)C34CC[C@@]2(C)S4)cc1. The molecule has 3 saturated heterocycles. The van der Waals surface area contributed by atoms with Gasteiger partial charge in [-0.05, 0) is 68.9 Å². The van der Waals surface area contributed by atoms with Crippen molar-refractivity contribution in [2.45, 2.75) is 75.1 Å². The third kappa shape index (κ3) is 5.34. The molecule has 8 nitrogen and oxygen atoms in total. The third-order valence-electron chi connectivity index (χ3n) is 8.84. The standard InChI is InChI=1S/C32H41N3O5S/c1-5-40-24-13-11-22(12-14-24)34-28(37)25-26-30(39)35(23(19-36)17-20(2)3)27(32(26)16-15-31(25,4)41-32)29(38)33-18-21-9-7-6-8-10-21/h6-14,20,23,25-27,36H,5,15-19H2,1-4H3,(H,33,38)(H,34,37)/t23-,25+,26+,27?,31-,32?/m1/s1. The minimum Gasteiger partial charge on any atom is -0.494 e. The first-order valence-electron chi connectivity index (χ1n) is 14.6. The van der Waals surface area contributed by atoms with Crippen LogP contribution in [0.15, 0.2) is 54.6 Å². The Morgan fingerprint density at radius 1 is 1.10 bits per heavy atom. The van der Waals surface area contributed by atoms with Gasteiger partial charge in [0.15, 0.2) is 0 Å². The molecule has 2 unspecified atom stereocenters. The van der Waals surface area contributed by atoms with Crippen molar-refractivity contribution in [3.63, 3.8) is 0 Å². The van der Waals surface area contributed by atoms with E-state index < -0.39 is 33.4 Å². The number of hydrogen-bond acceptors (Lipinski definition) is 6. The second-order valence-electron chi connectivity index (χ2n) is 12.1. The van der Waals surface area contributed by atoms with Crippen molar-refractivity contribution in [1.82, 2.24) is 10.2 Å². The highest BCUT2D eigenvalue weighted by Crippen LogP contribution is 2.71. The average Bonchev–Trinajstić information content (AvgIpc) is 3.52. The predicted molar refractivity (Wildman–Crippen MR) is 160 cm³/mol.